The fourth-order valence-corrected chi connectivity index (χ4v) is 4.03. The molecule has 0 aromatic carbocycles. The van der Waals surface area contributed by atoms with Gasteiger partial charge in [-0.3, -0.25) is 9.48 Å². The molecule has 1 fully saturated rings. The highest BCUT2D eigenvalue weighted by molar-refractivity contribution is 7.11. The Morgan fingerprint density at radius 1 is 1.48 bits per heavy atom. The Bertz CT molecular complexity index is 645. The van der Waals surface area contributed by atoms with Crippen LogP contribution in [0.4, 0.5) is 0 Å². The summed E-state index contributed by atoms with van der Waals surface area (Å²) in [7, 11) is 1.86. The van der Waals surface area contributed by atoms with Crippen molar-refractivity contribution in [2.24, 2.45) is 0 Å². The molecule has 1 aliphatic rings. The van der Waals surface area contributed by atoms with Crippen LogP contribution >= 0.6 is 11.3 Å². The van der Waals surface area contributed by atoms with Crippen molar-refractivity contribution in [2.45, 2.75) is 38.3 Å². The maximum atomic E-state index is 13.2. The lowest BCUT2D eigenvalue weighted by molar-refractivity contribution is -0.142. The second-order valence-corrected chi connectivity index (χ2v) is 7.17. The van der Waals surface area contributed by atoms with Gasteiger partial charge >= 0.3 is 0 Å². The molecular formula is C16H23N5OS. The molecule has 0 bridgehead atoms. The highest BCUT2D eigenvalue weighted by Crippen LogP contribution is 2.29. The van der Waals surface area contributed by atoms with Gasteiger partial charge < -0.3 is 10.2 Å². The maximum Gasteiger partial charge on any atom is 0.250 e. The summed E-state index contributed by atoms with van der Waals surface area (Å²) in [6.07, 6.45) is 8.05. The summed E-state index contributed by atoms with van der Waals surface area (Å²) in [5, 5.41) is 8.69. The summed E-state index contributed by atoms with van der Waals surface area (Å²) in [6, 6.07) is 1.88. The summed E-state index contributed by atoms with van der Waals surface area (Å²) in [6.45, 7) is 4.33. The number of piperidine rings is 1. The lowest BCUT2D eigenvalue weighted by Gasteiger charge is -2.39. The van der Waals surface area contributed by atoms with E-state index in [0.717, 1.165) is 37.4 Å². The van der Waals surface area contributed by atoms with Gasteiger partial charge in [-0.15, -0.1) is 11.3 Å². The van der Waals surface area contributed by atoms with Gasteiger partial charge in [-0.05, 0) is 38.4 Å². The SMILES string of the molecule is CCc1cnc(CN(C)C(=O)C2(n3cccn3)CCNCC2)s1. The lowest BCUT2D eigenvalue weighted by atomic mass is 9.87. The third kappa shape index (κ3) is 3.16. The molecule has 0 spiro atoms. The monoisotopic (exact) mass is 333 g/mol. The second kappa shape index (κ2) is 6.80. The zero-order valence-corrected chi connectivity index (χ0v) is 14.5. The van der Waals surface area contributed by atoms with Crippen molar-refractivity contribution in [2.75, 3.05) is 20.1 Å². The Kier molecular flexibility index (Phi) is 4.77. The predicted molar refractivity (Wildman–Crippen MR) is 90.3 cm³/mol. The predicted octanol–water partition coefficient (Wildman–Crippen LogP) is 1.64. The van der Waals surface area contributed by atoms with Crippen LogP contribution in [0, 0.1) is 0 Å². The minimum atomic E-state index is -0.575. The molecular weight excluding hydrogens is 310 g/mol. The standard InChI is InChI=1S/C16H23N5OS/c1-3-13-11-18-14(23-13)12-20(2)15(22)16(5-8-17-9-6-16)21-10-4-7-19-21/h4,7,10-11,17H,3,5-6,8-9,12H2,1-2H3. The molecule has 1 aliphatic heterocycles. The highest BCUT2D eigenvalue weighted by Gasteiger charge is 2.43. The molecule has 7 heteroatoms. The van der Waals surface area contributed by atoms with E-state index in [4.69, 9.17) is 0 Å². The number of amides is 1. The Hall–Kier alpha value is -1.73. The van der Waals surface area contributed by atoms with E-state index < -0.39 is 5.54 Å². The molecule has 0 aliphatic carbocycles. The number of aromatic nitrogens is 3. The highest BCUT2D eigenvalue weighted by atomic mass is 32.1. The fourth-order valence-electron chi connectivity index (χ4n) is 3.12. The molecule has 3 rings (SSSR count). The van der Waals surface area contributed by atoms with E-state index in [1.165, 1.54) is 4.88 Å². The number of likely N-dealkylation sites (N-methyl/N-ethyl adjacent to an activating group) is 1. The summed E-state index contributed by atoms with van der Waals surface area (Å²) < 4.78 is 1.84. The Labute approximate surface area is 140 Å². The van der Waals surface area contributed by atoms with Crippen LogP contribution in [0.1, 0.15) is 29.7 Å². The molecule has 0 saturated carbocycles. The number of carbonyl (C=O) groups is 1. The third-order valence-electron chi connectivity index (χ3n) is 4.44. The molecule has 23 heavy (non-hydrogen) atoms. The molecule has 6 nitrogen and oxygen atoms in total. The number of rotatable bonds is 5. The molecule has 124 valence electrons. The van der Waals surface area contributed by atoms with Gasteiger partial charge in [0.2, 0.25) is 0 Å². The van der Waals surface area contributed by atoms with Crippen molar-refractivity contribution in [3.63, 3.8) is 0 Å². The Morgan fingerprint density at radius 3 is 2.87 bits per heavy atom. The smallest absolute Gasteiger partial charge is 0.250 e. The van der Waals surface area contributed by atoms with Gasteiger partial charge in [-0.1, -0.05) is 6.92 Å². The van der Waals surface area contributed by atoms with E-state index in [-0.39, 0.29) is 5.91 Å². The zero-order valence-electron chi connectivity index (χ0n) is 13.7. The molecule has 2 aromatic rings. The van der Waals surface area contributed by atoms with Crippen LogP contribution in [0.15, 0.2) is 24.7 Å². The van der Waals surface area contributed by atoms with Gasteiger partial charge in [-0.25, -0.2) is 4.98 Å². The van der Waals surface area contributed by atoms with Crippen molar-refractivity contribution < 1.29 is 4.79 Å². The molecule has 0 unspecified atom stereocenters. The minimum absolute atomic E-state index is 0.121. The molecule has 0 atom stereocenters. The number of nitrogens with zero attached hydrogens (tertiary/aromatic N) is 4. The van der Waals surface area contributed by atoms with Crippen LogP contribution in [-0.2, 0) is 23.3 Å². The first-order valence-electron chi connectivity index (χ1n) is 8.05. The topological polar surface area (TPSA) is 63.1 Å². The first-order valence-corrected chi connectivity index (χ1v) is 8.87. The quantitative estimate of drug-likeness (QED) is 0.903. The molecule has 0 radical (unpaired) electrons. The molecule has 3 heterocycles. The van der Waals surface area contributed by atoms with Crippen LogP contribution in [0.25, 0.3) is 0 Å². The molecule has 1 saturated heterocycles. The minimum Gasteiger partial charge on any atom is -0.337 e. The van der Waals surface area contributed by atoms with Crippen molar-refractivity contribution in [3.05, 3.63) is 34.5 Å². The van der Waals surface area contributed by atoms with Gasteiger partial charge in [0.1, 0.15) is 10.5 Å². The third-order valence-corrected chi connectivity index (χ3v) is 5.57. The van der Waals surface area contributed by atoms with E-state index in [0.29, 0.717) is 6.54 Å². The number of hydrogen-bond acceptors (Lipinski definition) is 5. The summed E-state index contributed by atoms with van der Waals surface area (Å²) >= 11 is 1.68. The number of aryl methyl sites for hydroxylation is 1. The van der Waals surface area contributed by atoms with Gasteiger partial charge in [0.25, 0.3) is 5.91 Å². The second-order valence-electron chi connectivity index (χ2n) is 5.97. The van der Waals surface area contributed by atoms with Gasteiger partial charge in [0, 0.05) is 30.5 Å². The normalized spacial score (nSPS) is 17.1. The first kappa shape index (κ1) is 16.1. The van der Waals surface area contributed by atoms with Crippen LogP contribution in [0.3, 0.4) is 0 Å². The van der Waals surface area contributed by atoms with Gasteiger partial charge in [-0.2, -0.15) is 5.10 Å². The van der Waals surface area contributed by atoms with E-state index in [2.05, 4.69) is 22.3 Å². The van der Waals surface area contributed by atoms with Crippen LogP contribution in [-0.4, -0.2) is 45.7 Å². The number of hydrogen-bond donors (Lipinski definition) is 1. The number of thiazole rings is 1. The Balaban J connectivity index is 1.80. The number of nitrogens with one attached hydrogen (secondary N) is 1. The zero-order chi connectivity index (χ0) is 16.3. The van der Waals surface area contributed by atoms with Crippen LogP contribution in [0.5, 0.6) is 0 Å². The molecule has 1 N–H and O–H groups in total. The summed E-state index contributed by atoms with van der Waals surface area (Å²) in [5.41, 5.74) is -0.575. The fraction of sp³-hybridized carbons (Fsp3) is 0.562. The first-order chi connectivity index (χ1) is 11.2. The van der Waals surface area contributed by atoms with Crippen molar-refractivity contribution >= 4 is 17.2 Å². The van der Waals surface area contributed by atoms with E-state index in [1.54, 1.807) is 22.4 Å². The molecule has 2 aromatic heterocycles. The van der Waals surface area contributed by atoms with Crippen molar-refractivity contribution in [3.8, 4) is 0 Å². The summed E-state index contributed by atoms with van der Waals surface area (Å²) in [4.78, 5) is 20.7. The number of carbonyl (C=O) groups excluding carboxylic acids is 1. The van der Waals surface area contributed by atoms with Crippen LogP contribution in [0.2, 0.25) is 0 Å². The van der Waals surface area contributed by atoms with Crippen molar-refractivity contribution in [1.82, 2.24) is 25.0 Å². The maximum absolute atomic E-state index is 13.2. The van der Waals surface area contributed by atoms with E-state index in [9.17, 15) is 4.79 Å². The van der Waals surface area contributed by atoms with Gasteiger partial charge in [0.15, 0.2) is 0 Å². The molecule has 1 amide bonds. The average Bonchev–Trinajstić information content (AvgIpc) is 3.26. The average molecular weight is 333 g/mol. The Morgan fingerprint density at radius 2 is 2.26 bits per heavy atom. The summed E-state index contributed by atoms with van der Waals surface area (Å²) in [5.74, 6) is 0.121. The van der Waals surface area contributed by atoms with Crippen molar-refractivity contribution in [1.29, 1.82) is 0 Å². The van der Waals surface area contributed by atoms with Gasteiger partial charge in [0.05, 0.1) is 6.54 Å². The van der Waals surface area contributed by atoms with E-state index in [1.807, 2.05) is 30.2 Å². The van der Waals surface area contributed by atoms with E-state index >= 15 is 0 Å². The lowest BCUT2D eigenvalue weighted by Crippen LogP contribution is -2.54. The van der Waals surface area contributed by atoms with Crippen LogP contribution < -0.4 is 5.32 Å². The largest absolute Gasteiger partial charge is 0.337 e.